The number of rotatable bonds is 4. The van der Waals surface area contributed by atoms with Crippen molar-refractivity contribution in [1.29, 1.82) is 0 Å². The Morgan fingerprint density at radius 1 is 1.12 bits per heavy atom. The van der Waals surface area contributed by atoms with Crippen LogP contribution in [0.2, 0.25) is 0 Å². The molecule has 0 aliphatic carbocycles. The Morgan fingerprint density at radius 2 is 1.76 bits per heavy atom. The van der Waals surface area contributed by atoms with E-state index in [1.54, 1.807) is 4.90 Å². The third kappa shape index (κ3) is 3.81. The molecule has 3 rings (SSSR count). The maximum absolute atomic E-state index is 14.8. The number of hydrogen-bond acceptors (Lipinski definition) is 5. The minimum atomic E-state index is -1.01. The second-order valence-electron chi connectivity index (χ2n) is 6.72. The molecule has 0 unspecified atom stereocenters. The first-order valence-corrected chi connectivity index (χ1v) is 8.66. The Kier molecular flexibility index (Phi) is 5.32. The van der Waals surface area contributed by atoms with Gasteiger partial charge in [0.25, 0.3) is 0 Å². The number of halogens is 2. The summed E-state index contributed by atoms with van der Waals surface area (Å²) in [5.74, 6) is -1.98. The second kappa shape index (κ2) is 7.47. The normalized spacial score (nSPS) is 24.3. The fraction of sp³-hybridized carbons (Fsp3) is 0.556. The van der Waals surface area contributed by atoms with Crippen LogP contribution in [-0.2, 0) is 4.74 Å². The Hall–Kier alpha value is -2.02. The van der Waals surface area contributed by atoms with Crippen LogP contribution in [0.1, 0.15) is 42.6 Å². The summed E-state index contributed by atoms with van der Waals surface area (Å²) >= 11 is 0. The van der Waals surface area contributed by atoms with E-state index < -0.39 is 11.6 Å². The third-order valence-electron chi connectivity index (χ3n) is 4.54. The molecule has 1 aromatic carbocycles. The molecular formula is C18H23F2N3O2. The van der Waals surface area contributed by atoms with Gasteiger partial charge in [-0.15, -0.1) is 0 Å². The third-order valence-corrected chi connectivity index (χ3v) is 4.54. The number of hydrazone groups is 1. The molecule has 0 spiro atoms. The van der Waals surface area contributed by atoms with E-state index in [4.69, 9.17) is 4.74 Å². The SMILES string of the molecule is C[C@@H]1CN(c2c(C=O)cc(C=NN3CCCC3)c(F)c2F)C[C@H](C)O1. The highest BCUT2D eigenvalue weighted by Crippen LogP contribution is 2.30. The Bertz CT molecular complexity index is 665. The van der Waals surface area contributed by atoms with Crippen molar-refractivity contribution in [2.75, 3.05) is 31.1 Å². The lowest BCUT2D eigenvalue weighted by molar-refractivity contribution is -0.00546. The van der Waals surface area contributed by atoms with Gasteiger partial charge in [0.1, 0.15) is 0 Å². The van der Waals surface area contributed by atoms with Gasteiger partial charge in [-0.05, 0) is 32.8 Å². The second-order valence-corrected chi connectivity index (χ2v) is 6.72. The zero-order valence-electron chi connectivity index (χ0n) is 14.5. The molecule has 0 aromatic heterocycles. The van der Waals surface area contributed by atoms with E-state index in [9.17, 15) is 13.6 Å². The number of hydrogen-bond donors (Lipinski definition) is 0. The topological polar surface area (TPSA) is 45.1 Å². The van der Waals surface area contributed by atoms with Crippen LogP contribution in [0.15, 0.2) is 11.2 Å². The maximum atomic E-state index is 14.8. The van der Waals surface area contributed by atoms with Crippen molar-refractivity contribution in [3.63, 3.8) is 0 Å². The Balaban J connectivity index is 1.94. The number of carbonyl (C=O) groups excluding carboxylic acids is 1. The molecule has 0 saturated carbocycles. The quantitative estimate of drug-likeness (QED) is 0.618. The highest BCUT2D eigenvalue weighted by molar-refractivity contribution is 5.90. The van der Waals surface area contributed by atoms with Gasteiger partial charge in [-0.25, -0.2) is 8.78 Å². The van der Waals surface area contributed by atoms with Crippen molar-refractivity contribution < 1.29 is 18.3 Å². The van der Waals surface area contributed by atoms with Crippen molar-refractivity contribution in [2.24, 2.45) is 5.10 Å². The van der Waals surface area contributed by atoms with Crippen LogP contribution in [0.25, 0.3) is 0 Å². The van der Waals surface area contributed by atoms with Gasteiger partial charge in [-0.3, -0.25) is 9.80 Å². The highest BCUT2D eigenvalue weighted by Gasteiger charge is 2.28. The Labute approximate surface area is 146 Å². The largest absolute Gasteiger partial charge is 0.372 e. The Morgan fingerprint density at radius 3 is 2.36 bits per heavy atom. The lowest BCUT2D eigenvalue weighted by Crippen LogP contribution is -2.46. The molecule has 0 N–H and O–H groups in total. The molecule has 1 aromatic rings. The molecule has 2 atom stereocenters. The van der Waals surface area contributed by atoms with Crippen LogP contribution < -0.4 is 4.90 Å². The van der Waals surface area contributed by atoms with Gasteiger partial charge >= 0.3 is 0 Å². The highest BCUT2D eigenvalue weighted by atomic mass is 19.2. The van der Waals surface area contributed by atoms with E-state index in [0.717, 1.165) is 25.9 Å². The van der Waals surface area contributed by atoms with E-state index in [-0.39, 0.29) is 29.0 Å². The summed E-state index contributed by atoms with van der Waals surface area (Å²) in [7, 11) is 0. The first kappa shape index (κ1) is 17.8. The van der Waals surface area contributed by atoms with Crippen LogP contribution >= 0.6 is 0 Å². The maximum Gasteiger partial charge on any atom is 0.183 e. The molecule has 0 radical (unpaired) electrons. The predicted octanol–water partition coefficient (Wildman–Crippen LogP) is 2.82. The molecule has 2 aliphatic heterocycles. The van der Waals surface area contributed by atoms with Gasteiger partial charge in [0.05, 0.1) is 24.1 Å². The summed E-state index contributed by atoms with van der Waals surface area (Å²) in [5, 5.41) is 6.01. The van der Waals surface area contributed by atoms with Gasteiger partial charge in [0.2, 0.25) is 0 Å². The summed E-state index contributed by atoms with van der Waals surface area (Å²) in [5.41, 5.74) is 0.125. The smallest absolute Gasteiger partial charge is 0.183 e. The van der Waals surface area contributed by atoms with E-state index >= 15 is 0 Å². The fourth-order valence-electron chi connectivity index (χ4n) is 3.48. The van der Waals surface area contributed by atoms with Crippen LogP contribution in [-0.4, -0.2) is 55.9 Å². The van der Waals surface area contributed by atoms with Gasteiger partial charge < -0.3 is 9.64 Å². The van der Waals surface area contributed by atoms with Gasteiger partial charge in [0.15, 0.2) is 17.9 Å². The van der Waals surface area contributed by atoms with Crippen LogP contribution in [0.3, 0.4) is 0 Å². The molecule has 2 heterocycles. The summed E-state index contributed by atoms with van der Waals surface area (Å²) in [4.78, 5) is 13.2. The van der Waals surface area contributed by atoms with Crippen molar-refractivity contribution in [1.82, 2.24) is 5.01 Å². The van der Waals surface area contributed by atoms with Gasteiger partial charge in [-0.2, -0.15) is 5.10 Å². The standard InChI is InChI=1S/C18H23F2N3O2/c1-12-9-22(10-13(2)25-12)18-15(11-24)7-14(16(19)17(18)20)8-21-23-5-3-4-6-23/h7-8,11-13H,3-6,9-10H2,1-2H3/t12-,13+. The fourth-order valence-corrected chi connectivity index (χ4v) is 3.48. The van der Waals surface area contributed by atoms with Gasteiger partial charge in [0, 0.05) is 37.3 Å². The molecule has 5 nitrogen and oxygen atoms in total. The van der Waals surface area contributed by atoms with Crippen LogP contribution in [0, 0.1) is 11.6 Å². The molecule has 2 aliphatic rings. The monoisotopic (exact) mass is 351 g/mol. The molecular weight excluding hydrogens is 328 g/mol. The number of morpholine rings is 1. The van der Waals surface area contributed by atoms with Gasteiger partial charge in [-0.1, -0.05) is 0 Å². The zero-order valence-corrected chi connectivity index (χ0v) is 14.5. The van der Waals surface area contributed by atoms with E-state index in [1.807, 2.05) is 18.9 Å². The molecule has 136 valence electrons. The number of carbonyl (C=O) groups is 1. The minimum absolute atomic E-state index is 0.00724. The summed E-state index contributed by atoms with van der Waals surface area (Å²) < 4.78 is 34.9. The van der Waals surface area contributed by atoms with Crippen LogP contribution in [0.5, 0.6) is 0 Å². The summed E-state index contributed by atoms with van der Waals surface area (Å²) in [6.45, 7) is 6.17. The predicted molar refractivity (Wildman–Crippen MR) is 92.4 cm³/mol. The molecule has 2 fully saturated rings. The number of benzene rings is 1. The lowest BCUT2D eigenvalue weighted by Gasteiger charge is -2.37. The lowest BCUT2D eigenvalue weighted by atomic mass is 10.1. The van der Waals surface area contributed by atoms with Crippen molar-refractivity contribution >= 4 is 18.2 Å². The number of ether oxygens (including phenoxy) is 1. The first-order chi connectivity index (χ1) is 12.0. The van der Waals surface area contributed by atoms with Crippen LogP contribution in [0.4, 0.5) is 14.5 Å². The molecule has 7 heteroatoms. The van der Waals surface area contributed by atoms with E-state index in [1.165, 1.54) is 12.3 Å². The molecule has 0 amide bonds. The number of aldehydes is 1. The number of nitrogens with zero attached hydrogens (tertiary/aromatic N) is 3. The molecule has 0 bridgehead atoms. The zero-order chi connectivity index (χ0) is 18.0. The average Bonchev–Trinajstić information content (AvgIpc) is 3.08. The summed E-state index contributed by atoms with van der Waals surface area (Å²) in [6.07, 6.45) is 3.70. The molecule has 25 heavy (non-hydrogen) atoms. The number of anilines is 1. The average molecular weight is 351 g/mol. The summed E-state index contributed by atoms with van der Waals surface area (Å²) in [6, 6.07) is 1.37. The van der Waals surface area contributed by atoms with E-state index in [0.29, 0.717) is 19.4 Å². The minimum Gasteiger partial charge on any atom is -0.372 e. The van der Waals surface area contributed by atoms with Crippen molar-refractivity contribution in [2.45, 2.75) is 38.9 Å². The first-order valence-electron chi connectivity index (χ1n) is 8.66. The van der Waals surface area contributed by atoms with Crippen molar-refractivity contribution in [3.05, 3.63) is 28.8 Å². The van der Waals surface area contributed by atoms with E-state index in [2.05, 4.69) is 5.10 Å². The van der Waals surface area contributed by atoms with Crippen molar-refractivity contribution in [3.8, 4) is 0 Å². The molecule has 2 saturated heterocycles.